The lowest BCUT2D eigenvalue weighted by molar-refractivity contribution is 0.0680. The first-order valence-corrected chi connectivity index (χ1v) is 5.82. The maximum atomic E-state index is 12.0. The highest BCUT2D eigenvalue weighted by molar-refractivity contribution is 6.09. The molecule has 1 aromatic carbocycles. The molecule has 0 spiro atoms. The molecule has 1 heterocycles. The quantitative estimate of drug-likeness (QED) is 0.672. The highest BCUT2D eigenvalue weighted by atomic mass is 16.4. The van der Waals surface area contributed by atoms with Crippen LogP contribution in [0.4, 0.5) is 5.69 Å². The lowest BCUT2D eigenvalue weighted by Crippen LogP contribution is -2.17. The molecule has 8 nitrogen and oxygen atoms in total. The van der Waals surface area contributed by atoms with Crippen molar-refractivity contribution in [1.29, 1.82) is 0 Å². The molecule has 8 heteroatoms. The first kappa shape index (κ1) is 14.3. The van der Waals surface area contributed by atoms with Crippen LogP contribution >= 0.6 is 0 Å². The van der Waals surface area contributed by atoms with E-state index < -0.39 is 17.8 Å². The second-order valence-electron chi connectivity index (χ2n) is 4.17. The van der Waals surface area contributed by atoms with Crippen molar-refractivity contribution in [2.45, 2.75) is 6.92 Å². The zero-order valence-corrected chi connectivity index (χ0v) is 10.9. The third-order valence-corrected chi connectivity index (χ3v) is 2.88. The summed E-state index contributed by atoms with van der Waals surface area (Å²) in [4.78, 5) is 40.0. The fourth-order valence-corrected chi connectivity index (χ4v) is 1.81. The van der Waals surface area contributed by atoms with Crippen molar-refractivity contribution in [2.75, 3.05) is 5.32 Å². The van der Waals surface area contributed by atoms with Crippen molar-refractivity contribution in [1.82, 2.24) is 9.97 Å². The largest absolute Gasteiger partial charge is 0.478 e. The molecule has 1 amide bonds. The van der Waals surface area contributed by atoms with E-state index in [9.17, 15) is 14.4 Å². The molecule has 0 aliphatic carbocycles. The number of carboxylic acid groups (broad SMARTS) is 2. The number of aromatic amines is 1. The predicted molar refractivity (Wildman–Crippen MR) is 71.6 cm³/mol. The number of rotatable bonds is 4. The molecule has 4 N–H and O–H groups in total. The van der Waals surface area contributed by atoms with Crippen LogP contribution in [0.2, 0.25) is 0 Å². The van der Waals surface area contributed by atoms with Gasteiger partial charge in [0.25, 0.3) is 5.91 Å². The maximum absolute atomic E-state index is 12.0. The SMILES string of the molecule is Cc1c(NC(=O)c2nc[nH]c2C(=O)O)cccc1C(=O)O. The molecule has 108 valence electrons. The average molecular weight is 289 g/mol. The number of carboxylic acids is 2. The van der Waals surface area contributed by atoms with Gasteiger partial charge in [-0.05, 0) is 24.6 Å². The van der Waals surface area contributed by atoms with Crippen molar-refractivity contribution in [3.05, 3.63) is 47.0 Å². The maximum Gasteiger partial charge on any atom is 0.354 e. The number of H-pyrrole nitrogens is 1. The second kappa shape index (κ2) is 5.45. The minimum Gasteiger partial charge on any atom is -0.478 e. The Morgan fingerprint density at radius 2 is 1.90 bits per heavy atom. The van der Waals surface area contributed by atoms with Crippen LogP contribution in [0.1, 0.15) is 36.9 Å². The number of carbonyl (C=O) groups excluding carboxylic acids is 1. The first-order valence-electron chi connectivity index (χ1n) is 5.82. The van der Waals surface area contributed by atoms with Gasteiger partial charge in [0.1, 0.15) is 0 Å². The Bertz CT molecular complexity index is 735. The molecule has 0 aliphatic heterocycles. The number of benzene rings is 1. The van der Waals surface area contributed by atoms with Gasteiger partial charge in [-0.1, -0.05) is 6.07 Å². The molecule has 0 saturated carbocycles. The van der Waals surface area contributed by atoms with Crippen LogP contribution in [0.5, 0.6) is 0 Å². The molecule has 0 fully saturated rings. The lowest BCUT2D eigenvalue weighted by atomic mass is 10.1. The highest BCUT2D eigenvalue weighted by Gasteiger charge is 2.21. The Labute approximate surface area is 118 Å². The Morgan fingerprint density at radius 3 is 2.52 bits per heavy atom. The number of hydrogen-bond acceptors (Lipinski definition) is 4. The average Bonchev–Trinajstić information content (AvgIpc) is 2.90. The van der Waals surface area contributed by atoms with Gasteiger partial charge in [-0.15, -0.1) is 0 Å². The van der Waals surface area contributed by atoms with Crippen molar-refractivity contribution < 1.29 is 24.6 Å². The van der Waals surface area contributed by atoms with E-state index in [1.807, 2.05) is 0 Å². The van der Waals surface area contributed by atoms with E-state index in [1.165, 1.54) is 18.2 Å². The van der Waals surface area contributed by atoms with Gasteiger partial charge in [0, 0.05) is 5.69 Å². The summed E-state index contributed by atoms with van der Waals surface area (Å²) in [6.45, 7) is 1.54. The molecule has 0 atom stereocenters. The predicted octanol–water partition coefficient (Wildman–Crippen LogP) is 1.37. The van der Waals surface area contributed by atoms with Crippen LogP contribution in [-0.2, 0) is 0 Å². The molecule has 2 aromatic rings. The number of imidazole rings is 1. The van der Waals surface area contributed by atoms with Crippen LogP contribution in [0.25, 0.3) is 0 Å². The molecular weight excluding hydrogens is 278 g/mol. The number of nitrogens with one attached hydrogen (secondary N) is 2. The number of carbonyl (C=O) groups is 3. The molecule has 21 heavy (non-hydrogen) atoms. The van der Waals surface area contributed by atoms with Crippen LogP contribution in [0.3, 0.4) is 0 Å². The Balaban J connectivity index is 2.32. The summed E-state index contributed by atoms with van der Waals surface area (Å²) in [6, 6.07) is 4.41. The van der Waals surface area contributed by atoms with Gasteiger partial charge in [0.2, 0.25) is 0 Å². The summed E-state index contributed by atoms with van der Waals surface area (Å²) in [6.07, 6.45) is 1.10. The van der Waals surface area contributed by atoms with E-state index >= 15 is 0 Å². The van der Waals surface area contributed by atoms with Gasteiger partial charge in [-0.3, -0.25) is 4.79 Å². The van der Waals surface area contributed by atoms with E-state index in [2.05, 4.69) is 15.3 Å². The Hall–Kier alpha value is -3.16. The summed E-state index contributed by atoms with van der Waals surface area (Å²) in [5, 5.41) is 20.4. The van der Waals surface area contributed by atoms with Crippen LogP contribution in [0, 0.1) is 6.92 Å². The first-order chi connectivity index (χ1) is 9.91. The molecule has 0 aliphatic rings. The van der Waals surface area contributed by atoms with Gasteiger partial charge in [-0.25, -0.2) is 14.6 Å². The Morgan fingerprint density at radius 1 is 1.19 bits per heavy atom. The topological polar surface area (TPSA) is 132 Å². The minimum atomic E-state index is -1.31. The van der Waals surface area contributed by atoms with Gasteiger partial charge in [-0.2, -0.15) is 0 Å². The summed E-state index contributed by atoms with van der Waals surface area (Å²) in [5.74, 6) is -3.16. The van der Waals surface area contributed by atoms with Crippen molar-refractivity contribution >= 4 is 23.5 Å². The number of amides is 1. The van der Waals surface area contributed by atoms with Crippen molar-refractivity contribution in [3.8, 4) is 0 Å². The highest BCUT2D eigenvalue weighted by Crippen LogP contribution is 2.20. The summed E-state index contributed by atoms with van der Waals surface area (Å²) in [5.41, 5.74) is 0.0838. The normalized spacial score (nSPS) is 10.1. The summed E-state index contributed by atoms with van der Waals surface area (Å²) in [7, 11) is 0. The fourth-order valence-electron chi connectivity index (χ4n) is 1.81. The molecule has 0 unspecified atom stereocenters. The van der Waals surface area contributed by atoms with E-state index in [4.69, 9.17) is 10.2 Å². The molecular formula is C13H11N3O5. The smallest absolute Gasteiger partial charge is 0.354 e. The number of hydrogen-bond donors (Lipinski definition) is 4. The molecule has 2 rings (SSSR count). The fraction of sp³-hybridized carbons (Fsp3) is 0.0769. The Kier molecular flexibility index (Phi) is 3.70. The third kappa shape index (κ3) is 2.73. The number of aromatic nitrogens is 2. The third-order valence-electron chi connectivity index (χ3n) is 2.88. The molecule has 0 bridgehead atoms. The van der Waals surface area contributed by atoms with Gasteiger partial charge >= 0.3 is 11.9 Å². The van der Waals surface area contributed by atoms with Gasteiger partial charge in [0.15, 0.2) is 11.4 Å². The summed E-state index contributed by atoms with van der Waals surface area (Å²) < 4.78 is 0. The number of nitrogens with zero attached hydrogens (tertiary/aromatic N) is 1. The van der Waals surface area contributed by atoms with E-state index in [-0.39, 0.29) is 22.6 Å². The standard InChI is InChI=1S/C13H11N3O5/c1-6-7(12(18)19)3-2-4-8(6)16-11(17)9-10(13(20)21)15-5-14-9/h2-5H,1H3,(H,14,15)(H,16,17)(H,18,19)(H,20,21). The number of aromatic carboxylic acids is 2. The minimum absolute atomic E-state index is 0.0493. The van der Waals surface area contributed by atoms with Gasteiger partial charge < -0.3 is 20.5 Å². The van der Waals surface area contributed by atoms with Crippen LogP contribution in [-0.4, -0.2) is 38.0 Å². The molecule has 0 radical (unpaired) electrons. The van der Waals surface area contributed by atoms with E-state index in [1.54, 1.807) is 6.92 Å². The monoisotopic (exact) mass is 289 g/mol. The summed E-state index contributed by atoms with van der Waals surface area (Å²) >= 11 is 0. The molecule has 1 aromatic heterocycles. The van der Waals surface area contributed by atoms with Crippen molar-refractivity contribution in [3.63, 3.8) is 0 Å². The number of anilines is 1. The van der Waals surface area contributed by atoms with E-state index in [0.29, 0.717) is 5.56 Å². The van der Waals surface area contributed by atoms with Crippen molar-refractivity contribution in [2.24, 2.45) is 0 Å². The van der Waals surface area contributed by atoms with Gasteiger partial charge in [0.05, 0.1) is 11.9 Å². The second-order valence-corrected chi connectivity index (χ2v) is 4.17. The van der Waals surface area contributed by atoms with E-state index in [0.717, 1.165) is 6.33 Å². The van der Waals surface area contributed by atoms with Crippen LogP contribution < -0.4 is 5.32 Å². The van der Waals surface area contributed by atoms with Crippen LogP contribution in [0.15, 0.2) is 24.5 Å². The zero-order chi connectivity index (χ0) is 15.6. The zero-order valence-electron chi connectivity index (χ0n) is 10.9. The molecule has 0 saturated heterocycles. The lowest BCUT2D eigenvalue weighted by Gasteiger charge is -2.09.